The molecule has 1 atom stereocenters. The van der Waals surface area contributed by atoms with Crippen molar-refractivity contribution in [3.05, 3.63) is 29.3 Å². The van der Waals surface area contributed by atoms with Gasteiger partial charge in [-0.3, -0.25) is 0 Å². The van der Waals surface area contributed by atoms with E-state index in [2.05, 4.69) is 24.4 Å². The van der Waals surface area contributed by atoms with Crippen LogP contribution in [0, 0.1) is 0 Å². The van der Waals surface area contributed by atoms with Crippen LogP contribution >= 0.6 is 0 Å². The average Bonchev–Trinajstić information content (AvgIpc) is 2.77. The lowest BCUT2D eigenvalue weighted by molar-refractivity contribution is 0.238. The Labute approximate surface area is 96.4 Å². The van der Waals surface area contributed by atoms with Crippen molar-refractivity contribution in [3.63, 3.8) is 0 Å². The van der Waals surface area contributed by atoms with Crippen LogP contribution in [0.4, 0.5) is 0 Å². The number of ether oxygens (including phenoxy) is 1. The van der Waals surface area contributed by atoms with Crippen molar-refractivity contribution in [1.29, 1.82) is 0 Å². The molecule has 88 valence electrons. The summed E-state index contributed by atoms with van der Waals surface area (Å²) in [6, 6.07) is 6.52. The summed E-state index contributed by atoms with van der Waals surface area (Å²) in [6.07, 6.45) is 1.96. The van der Waals surface area contributed by atoms with Crippen LogP contribution in [-0.2, 0) is 13.0 Å². The maximum Gasteiger partial charge on any atom is 0.122 e. The zero-order chi connectivity index (χ0) is 11.4. The Morgan fingerprint density at radius 3 is 3.12 bits per heavy atom. The highest BCUT2D eigenvalue weighted by atomic mass is 16.5. The molecule has 2 N–H and O–H groups in total. The largest absolute Gasteiger partial charge is 0.493 e. The molecule has 0 fully saturated rings. The maximum atomic E-state index is 9.08. The lowest BCUT2D eigenvalue weighted by Gasteiger charge is -2.14. The van der Waals surface area contributed by atoms with Gasteiger partial charge < -0.3 is 15.2 Å². The van der Waals surface area contributed by atoms with Gasteiger partial charge in [0.1, 0.15) is 5.75 Å². The Kier molecular flexibility index (Phi) is 3.80. The Balaban J connectivity index is 1.95. The summed E-state index contributed by atoms with van der Waals surface area (Å²) in [6.45, 7) is 3.89. The van der Waals surface area contributed by atoms with Gasteiger partial charge in [0.25, 0.3) is 0 Å². The zero-order valence-electron chi connectivity index (χ0n) is 9.70. The Bertz CT molecular complexity index is 348. The quantitative estimate of drug-likeness (QED) is 0.791. The molecule has 1 heterocycles. The van der Waals surface area contributed by atoms with E-state index in [9.17, 15) is 0 Å². The van der Waals surface area contributed by atoms with Crippen molar-refractivity contribution in [2.75, 3.05) is 13.2 Å². The predicted molar refractivity (Wildman–Crippen MR) is 63.6 cm³/mol. The third-order valence-corrected chi connectivity index (χ3v) is 3.06. The Hall–Kier alpha value is -1.06. The third-order valence-electron chi connectivity index (χ3n) is 3.06. The molecule has 1 aromatic rings. The number of benzene rings is 1. The molecule has 2 rings (SSSR count). The van der Waals surface area contributed by atoms with Crippen molar-refractivity contribution in [2.24, 2.45) is 0 Å². The minimum atomic E-state index is 0.199. The minimum absolute atomic E-state index is 0.199. The van der Waals surface area contributed by atoms with Crippen LogP contribution in [0.3, 0.4) is 0 Å². The lowest BCUT2D eigenvalue weighted by Crippen LogP contribution is -2.31. The standard InChI is InChI=1S/C13H19NO2/c1-2-12(9-15)14-8-10-3-4-13-11(7-10)5-6-16-13/h3-4,7,12,14-15H,2,5-6,8-9H2,1H3. The molecule has 0 spiro atoms. The highest BCUT2D eigenvalue weighted by Gasteiger charge is 2.12. The second-order valence-electron chi connectivity index (χ2n) is 4.21. The van der Waals surface area contributed by atoms with Gasteiger partial charge in [-0.25, -0.2) is 0 Å². The molecule has 3 nitrogen and oxygen atoms in total. The summed E-state index contributed by atoms with van der Waals surface area (Å²) in [4.78, 5) is 0. The van der Waals surface area contributed by atoms with E-state index in [1.807, 2.05) is 6.07 Å². The van der Waals surface area contributed by atoms with Gasteiger partial charge in [0, 0.05) is 19.0 Å². The molecule has 1 aliphatic rings. The molecule has 1 aromatic carbocycles. The van der Waals surface area contributed by atoms with Crippen LogP contribution < -0.4 is 10.1 Å². The zero-order valence-corrected chi connectivity index (χ0v) is 9.70. The van der Waals surface area contributed by atoms with Gasteiger partial charge in [0.15, 0.2) is 0 Å². The maximum absolute atomic E-state index is 9.08. The summed E-state index contributed by atoms with van der Waals surface area (Å²) in [5.41, 5.74) is 2.56. The van der Waals surface area contributed by atoms with E-state index in [0.29, 0.717) is 0 Å². The first-order valence-corrected chi connectivity index (χ1v) is 5.92. The molecule has 16 heavy (non-hydrogen) atoms. The van der Waals surface area contributed by atoms with Crippen LogP contribution in [0.15, 0.2) is 18.2 Å². The summed E-state index contributed by atoms with van der Waals surface area (Å²) >= 11 is 0. The van der Waals surface area contributed by atoms with E-state index in [1.165, 1.54) is 11.1 Å². The number of rotatable bonds is 5. The van der Waals surface area contributed by atoms with Crippen LogP contribution in [0.25, 0.3) is 0 Å². The summed E-state index contributed by atoms with van der Waals surface area (Å²) in [5.74, 6) is 1.03. The molecule has 0 saturated carbocycles. The van der Waals surface area contributed by atoms with Gasteiger partial charge in [0.2, 0.25) is 0 Å². The SMILES string of the molecule is CCC(CO)NCc1ccc2c(c1)CCO2. The van der Waals surface area contributed by atoms with Crippen molar-refractivity contribution < 1.29 is 9.84 Å². The van der Waals surface area contributed by atoms with Crippen molar-refractivity contribution in [2.45, 2.75) is 32.4 Å². The monoisotopic (exact) mass is 221 g/mol. The number of hydrogen-bond donors (Lipinski definition) is 2. The minimum Gasteiger partial charge on any atom is -0.493 e. The highest BCUT2D eigenvalue weighted by molar-refractivity contribution is 5.39. The first kappa shape index (κ1) is 11.4. The van der Waals surface area contributed by atoms with Gasteiger partial charge in [-0.15, -0.1) is 0 Å². The number of nitrogens with one attached hydrogen (secondary N) is 1. The molecule has 0 radical (unpaired) electrons. The predicted octanol–water partition coefficient (Wildman–Crippen LogP) is 1.48. The molecule has 1 unspecified atom stereocenters. The Morgan fingerprint density at radius 2 is 2.38 bits per heavy atom. The third kappa shape index (κ3) is 2.54. The van der Waals surface area contributed by atoms with Gasteiger partial charge in [-0.2, -0.15) is 0 Å². The van der Waals surface area contributed by atoms with E-state index in [-0.39, 0.29) is 12.6 Å². The second-order valence-corrected chi connectivity index (χ2v) is 4.21. The number of aliphatic hydroxyl groups is 1. The van der Waals surface area contributed by atoms with Crippen LogP contribution in [0.2, 0.25) is 0 Å². The van der Waals surface area contributed by atoms with Gasteiger partial charge in [-0.1, -0.05) is 19.1 Å². The van der Waals surface area contributed by atoms with Crippen molar-refractivity contribution in [1.82, 2.24) is 5.32 Å². The lowest BCUT2D eigenvalue weighted by atomic mass is 10.1. The van der Waals surface area contributed by atoms with Crippen molar-refractivity contribution in [3.8, 4) is 5.75 Å². The van der Waals surface area contributed by atoms with E-state index in [0.717, 1.165) is 31.7 Å². The van der Waals surface area contributed by atoms with Crippen LogP contribution in [-0.4, -0.2) is 24.4 Å². The fourth-order valence-corrected chi connectivity index (χ4v) is 1.95. The number of hydrogen-bond acceptors (Lipinski definition) is 3. The summed E-state index contributed by atoms with van der Waals surface area (Å²) in [7, 11) is 0. The molecule has 0 saturated heterocycles. The van der Waals surface area contributed by atoms with Crippen LogP contribution in [0.1, 0.15) is 24.5 Å². The second kappa shape index (κ2) is 5.32. The smallest absolute Gasteiger partial charge is 0.122 e. The van der Waals surface area contributed by atoms with Crippen molar-refractivity contribution >= 4 is 0 Å². The van der Waals surface area contributed by atoms with E-state index in [4.69, 9.17) is 9.84 Å². The Morgan fingerprint density at radius 1 is 1.50 bits per heavy atom. The number of aliphatic hydroxyl groups excluding tert-OH is 1. The molecule has 0 bridgehead atoms. The van der Waals surface area contributed by atoms with Gasteiger partial charge >= 0.3 is 0 Å². The first-order valence-electron chi connectivity index (χ1n) is 5.92. The molecule has 0 aromatic heterocycles. The van der Waals surface area contributed by atoms with Gasteiger partial charge in [0.05, 0.1) is 13.2 Å². The average molecular weight is 221 g/mol. The molecule has 0 amide bonds. The van der Waals surface area contributed by atoms with Crippen LogP contribution in [0.5, 0.6) is 5.75 Å². The normalized spacial score (nSPS) is 15.6. The highest BCUT2D eigenvalue weighted by Crippen LogP contribution is 2.25. The summed E-state index contributed by atoms with van der Waals surface area (Å²) < 4.78 is 5.46. The molecular weight excluding hydrogens is 202 g/mol. The molecular formula is C13H19NO2. The fourth-order valence-electron chi connectivity index (χ4n) is 1.95. The van der Waals surface area contributed by atoms with Gasteiger partial charge in [-0.05, 0) is 23.6 Å². The van der Waals surface area contributed by atoms with E-state index < -0.39 is 0 Å². The molecule has 0 aliphatic carbocycles. The summed E-state index contributed by atoms with van der Waals surface area (Å²) in [5, 5.41) is 12.4. The van der Waals surface area contributed by atoms with E-state index >= 15 is 0 Å². The molecule has 3 heteroatoms. The molecule has 1 aliphatic heterocycles. The fraction of sp³-hybridized carbons (Fsp3) is 0.538. The van der Waals surface area contributed by atoms with E-state index in [1.54, 1.807) is 0 Å². The number of fused-ring (bicyclic) bond motifs is 1. The topological polar surface area (TPSA) is 41.5 Å². The first-order chi connectivity index (χ1) is 7.83.